The fraction of sp³-hybridized carbons (Fsp3) is 0.0833. The van der Waals surface area contributed by atoms with Crippen molar-refractivity contribution in [3.8, 4) is 66.8 Å². The van der Waals surface area contributed by atoms with Gasteiger partial charge in [0.05, 0.1) is 0 Å². The molecular formula is C72H54. The van der Waals surface area contributed by atoms with Crippen LogP contribution < -0.4 is 0 Å². The normalized spacial score (nSPS) is 11.8. The van der Waals surface area contributed by atoms with E-state index in [1.807, 2.05) is 0 Å². The number of benzene rings is 13. The lowest BCUT2D eigenvalue weighted by Crippen LogP contribution is -1.96. The third kappa shape index (κ3) is 7.12. The molecule has 0 heteroatoms. The molecule has 0 nitrogen and oxygen atoms in total. The van der Waals surface area contributed by atoms with E-state index in [2.05, 4.69) is 260 Å². The van der Waals surface area contributed by atoms with Gasteiger partial charge in [0, 0.05) is 0 Å². The van der Waals surface area contributed by atoms with Crippen molar-refractivity contribution in [3.05, 3.63) is 252 Å². The summed E-state index contributed by atoms with van der Waals surface area (Å²) in [7, 11) is 0. The van der Waals surface area contributed by atoms with E-state index >= 15 is 0 Å². The standard InChI is InChI=1S/C72H54/c1-43-34-67(70-58-25-13-7-19-49(58)37-50-20-8-14-26-59(50)70)46(4)31-64(43)55-40-56(65-32-47(5)68(35-44(65)2)71-60-27-15-9-21-51(60)38-52-22-10-16-28-61(52)71)42-57(41-55)66-33-48(6)69(36-45(66)3)72-62-29-17-11-23-53(62)39-54-24-12-18-30-63(54)72/h7-42H,1-6H3. The van der Waals surface area contributed by atoms with Crippen LogP contribution in [0.2, 0.25) is 0 Å². The summed E-state index contributed by atoms with van der Waals surface area (Å²) in [6, 6.07) is 82.1. The zero-order valence-corrected chi connectivity index (χ0v) is 41.8. The summed E-state index contributed by atoms with van der Waals surface area (Å²) in [4.78, 5) is 0. The topological polar surface area (TPSA) is 0 Å². The van der Waals surface area contributed by atoms with Gasteiger partial charge in [-0.2, -0.15) is 0 Å². The largest absolute Gasteiger partial charge is 0.0616 e. The number of hydrogen-bond donors (Lipinski definition) is 0. The molecule has 0 saturated carbocycles. The molecule has 0 radical (unpaired) electrons. The molecule has 0 aliphatic heterocycles. The van der Waals surface area contributed by atoms with E-state index in [9.17, 15) is 0 Å². The van der Waals surface area contributed by atoms with Crippen LogP contribution in [-0.4, -0.2) is 0 Å². The molecule has 0 aromatic heterocycles. The molecule has 0 aliphatic carbocycles. The molecule has 0 spiro atoms. The second-order valence-electron chi connectivity index (χ2n) is 20.3. The number of hydrogen-bond acceptors (Lipinski definition) is 0. The van der Waals surface area contributed by atoms with Gasteiger partial charge in [-0.15, -0.1) is 0 Å². The van der Waals surface area contributed by atoms with E-state index in [1.54, 1.807) is 0 Å². The van der Waals surface area contributed by atoms with Crippen LogP contribution in [0.3, 0.4) is 0 Å². The smallest absolute Gasteiger partial charge is 0.00240 e. The summed E-state index contributed by atoms with van der Waals surface area (Å²) in [6.45, 7) is 13.8. The molecule has 0 atom stereocenters. The second kappa shape index (κ2) is 17.1. The van der Waals surface area contributed by atoms with Crippen LogP contribution >= 0.6 is 0 Å². The van der Waals surface area contributed by atoms with E-state index in [4.69, 9.17) is 0 Å². The van der Waals surface area contributed by atoms with Gasteiger partial charge >= 0.3 is 0 Å². The molecule has 72 heavy (non-hydrogen) atoms. The van der Waals surface area contributed by atoms with E-state index in [1.165, 1.54) is 165 Å². The van der Waals surface area contributed by atoms with Crippen molar-refractivity contribution < 1.29 is 0 Å². The highest BCUT2D eigenvalue weighted by Crippen LogP contribution is 2.46. The predicted octanol–water partition coefficient (Wildman–Crippen LogP) is 20.5. The van der Waals surface area contributed by atoms with Crippen LogP contribution in [0.4, 0.5) is 0 Å². The van der Waals surface area contributed by atoms with Crippen LogP contribution in [0.15, 0.2) is 218 Å². The molecule has 0 amide bonds. The Kier molecular flexibility index (Phi) is 10.3. The molecule has 13 aromatic rings. The van der Waals surface area contributed by atoms with Crippen molar-refractivity contribution in [2.24, 2.45) is 0 Å². The minimum absolute atomic E-state index is 1.22. The SMILES string of the molecule is Cc1cc(-c2c3ccccc3cc3ccccc23)c(C)cc1-c1cc(-c2cc(C)c(-c3c4ccccc4cc4ccccc34)cc2C)cc(-c2cc(C)c(-c3c4ccccc4cc4ccccc34)cc2C)c1. The third-order valence-corrected chi connectivity index (χ3v) is 15.7. The number of rotatable bonds is 6. The maximum Gasteiger partial charge on any atom is -0.00240 e. The molecule has 0 heterocycles. The maximum absolute atomic E-state index is 2.45. The summed E-state index contributed by atoms with van der Waals surface area (Å²) < 4.78 is 0. The molecule has 0 N–H and O–H groups in total. The quantitative estimate of drug-likeness (QED) is 0.146. The second-order valence-corrected chi connectivity index (χ2v) is 20.3. The molecule has 0 fully saturated rings. The van der Waals surface area contributed by atoms with E-state index in [0.29, 0.717) is 0 Å². The van der Waals surface area contributed by atoms with Gasteiger partial charge in [-0.3, -0.25) is 0 Å². The molecule has 13 rings (SSSR count). The summed E-state index contributed by atoms with van der Waals surface area (Å²) in [5.41, 5.74) is 22.8. The predicted molar refractivity (Wildman–Crippen MR) is 313 cm³/mol. The van der Waals surface area contributed by atoms with Gasteiger partial charge in [-0.25, -0.2) is 0 Å². The monoisotopic (exact) mass is 918 g/mol. The lowest BCUT2D eigenvalue weighted by molar-refractivity contribution is 1.37. The molecule has 342 valence electrons. The van der Waals surface area contributed by atoms with E-state index in [-0.39, 0.29) is 0 Å². The first-order valence-electron chi connectivity index (χ1n) is 25.4. The lowest BCUT2D eigenvalue weighted by Gasteiger charge is -2.21. The molecule has 0 saturated heterocycles. The Morgan fingerprint density at radius 1 is 0.181 bits per heavy atom. The summed E-state index contributed by atoms with van der Waals surface area (Å²) in [5, 5.41) is 15.3. The Balaban J connectivity index is 1.02. The van der Waals surface area contributed by atoms with Gasteiger partial charge in [-0.05, 0) is 243 Å². The van der Waals surface area contributed by atoms with Crippen molar-refractivity contribution in [1.29, 1.82) is 0 Å². The van der Waals surface area contributed by atoms with Crippen LogP contribution in [0, 0.1) is 41.5 Å². The minimum Gasteiger partial charge on any atom is -0.0616 e. The van der Waals surface area contributed by atoms with Crippen molar-refractivity contribution in [1.82, 2.24) is 0 Å². The molecule has 0 bridgehead atoms. The highest BCUT2D eigenvalue weighted by atomic mass is 14.2. The molecule has 0 aliphatic rings. The molecule has 13 aromatic carbocycles. The van der Waals surface area contributed by atoms with Crippen molar-refractivity contribution in [3.63, 3.8) is 0 Å². The first-order chi connectivity index (χ1) is 35.2. The Morgan fingerprint density at radius 2 is 0.361 bits per heavy atom. The van der Waals surface area contributed by atoms with Crippen molar-refractivity contribution >= 4 is 64.6 Å². The maximum atomic E-state index is 2.45. The fourth-order valence-electron chi connectivity index (χ4n) is 12.2. The Bertz CT molecular complexity index is 3770. The summed E-state index contributed by atoms with van der Waals surface area (Å²) in [6.07, 6.45) is 0. The van der Waals surface area contributed by atoms with Gasteiger partial charge < -0.3 is 0 Å². The van der Waals surface area contributed by atoms with E-state index < -0.39 is 0 Å². The Morgan fingerprint density at radius 3 is 0.583 bits per heavy atom. The van der Waals surface area contributed by atoms with Gasteiger partial charge in [0.2, 0.25) is 0 Å². The Hall–Kier alpha value is -8.58. The average molecular weight is 919 g/mol. The van der Waals surface area contributed by atoms with Crippen molar-refractivity contribution in [2.45, 2.75) is 41.5 Å². The van der Waals surface area contributed by atoms with Gasteiger partial charge in [0.25, 0.3) is 0 Å². The number of fused-ring (bicyclic) bond motifs is 6. The highest BCUT2D eigenvalue weighted by molar-refractivity contribution is 6.16. The fourth-order valence-corrected chi connectivity index (χ4v) is 12.2. The van der Waals surface area contributed by atoms with Crippen LogP contribution in [0.25, 0.3) is 131 Å². The van der Waals surface area contributed by atoms with Gasteiger partial charge in [0.15, 0.2) is 0 Å². The minimum atomic E-state index is 1.22. The molecular weight excluding hydrogens is 865 g/mol. The summed E-state index contributed by atoms with van der Waals surface area (Å²) in [5.74, 6) is 0. The van der Waals surface area contributed by atoms with E-state index in [0.717, 1.165) is 0 Å². The van der Waals surface area contributed by atoms with Crippen LogP contribution in [0.1, 0.15) is 33.4 Å². The zero-order valence-electron chi connectivity index (χ0n) is 41.8. The Labute approximate surface area is 422 Å². The van der Waals surface area contributed by atoms with Crippen LogP contribution in [0.5, 0.6) is 0 Å². The first kappa shape index (κ1) is 43.4. The molecule has 0 unspecified atom stereocenters. The summed E-state index contributed by atoms with van der Waals surface area (Å²) >= 11 is 0. The zero-order chi connectivity index (χ0) is 48.8. The van der Waals surface area contributed by atoms with Gasteiger partial charge in [-0.1, -0.05) is 182 Å². The first-order valence-corrected chi connectivity index (χ1v) is 25.4. The lowest BCUT2D eigenvalue weighted by atomic mass is 9.83. The van der Waals surface area contributed by atoms with Crippen LogP contribution in [-0.2, 0) is 0 Å². The average Bonchev–Trinajstić information content (AvgIpc) is 3.40. The number of aryl methyl sites for hydroxylation is 6. The van der Waals surface area contributed by atoms with Crippen molar-refractivity contribution in [2.75, 3.05) is 0 Å². The third-order valence-electron chi connectivity index (χ3n) is 15.7. The highest BCUT2D eigenvalue weighted by Gasteiger charge is 2.21. The van der Waals surface area contributed by atoms with Gasteiger partial charge in [0.1, 0.15) is 0 Å².